The molecule has 1 spiro atoms. The predicted molar refractivity (Wildman–Crippen MR) is 147 cm³/mol. The number of likely N-dealkylation sites (N-methyl/N-ethyl adjacent to an activating group) is 1. The first-order valence-electron chi connectivity index (χ1n) is 15.1. The zero-order chi connectivity index (χ0) is 28.8. The van der Waals surface area contributed by atoms with Crippen molar-refractivity contribution in [3.63, 3.8) is 0 Å². The lowest BCUT2D eigenvalue weighted by molar-refractivity contribution is -0.167. The summed E-state index contributed by atoms with van der Waals surface area (Å²) in [6, 6.07) is 0. The molecule has 4 fully saturated rings. The van der Waals surface area contributed by atoms with Gasteiger partial charge in [-0.3, -0.25) is 14.5 Å². The van der Waals surface area contributed by atoms with Crippen molar-refractivity contribution in [2.45, 2.75) is 90.1 Å². The fourth-order valence-electron chi connectivity index (χ4n) is 10.2. The van der Waals surface area contributed by atoms with Gasteiger partial charge in [0.2, 0.25) is 0 Å². The molecule has 4 aliphatic carbocycles. The Morgan fingerprint density at radius 1 is 1.20 bits per heavy atom. The van der Waals surface area contributed by atoms with Gasteiger partial charge in [-0.25, -0.2) is 4.79 Å². The minimum atomic E-state index is -0.758. The Kier molecular flexibility index (Phi) is 6.67. The molecule has 1 N–H and O–H groups in total. The average Bonchev–Trinajstić information content (AvgIpc) is 3.51. The summed E-state index contributed by atoms with van der Waals surface area (Å²) in [4.78, 5) is 40.7. The highest BCUT2D eigenvalue weighted by molar-refractivity contribution is 5.98. The van der Waals surface area contributed by atoms with Crippen LogP contribution < -0.4 is 0 Å². The normalized spacial score (nSPS) is 46.2. The number of hydrogen-bond donors (Lipinski definition) is 1. The van der Waals surface area contributed by atoms with Crippen molar-refractivity contribution < 1.29 is 33.7 Å². The van der Waals surface area contributed by atoms with E-state index in [0.717, 1.165) is 37.7 Å². The van der Waals surface area contributed by atoms with Gasteiger partial charge in [0.25, 0.3) is 0 Å². The SMILES string of the molecule is CC1=C(CO)C(=O)O[C@@H]([C@@H](C)[C@H]2CC[C@H]3[C@@H]4C[C@H]5O[C@]56[C@@H](OC(=O)CN(C)C)C=CC(=O)[C@]6(C)[C@H]4CC[C@]23C)C1. The monoisotopic (exact) mass is 555 g/mol. The molecule has 8 heteroatoms. The molecule has 6 aliphatic rings. The molecular weight excluding hydrogens is 510 g/mol. The molecule has 1 saturated heterocycles. The van der Waals surface area contributed by atoms with Crippen LogP contribution in [0.2, 0.25) is 0 Å². The number of ketones is 1. The molecule has 0 aromatic heterocycles. The van der Waals surface area contributed by atoms with Gasteiger partial charge in [-0.05, 0) is 107 Å². The molecule has 2 aliphatic heterocycles. The molecule has 8 nitrogen and oxygen atoms in total. The highest BCUT2D eigenvalue weighted by atomic mass is 16.7. The van der Waals surface area contributed by atoms with Gasteiger partial charge >= 0.3 is 11.9 Å². The highest BCUT2D eigenvalue weighted by Gasteiger charge is 2.81. The van der Waals surface area contributed by atoms with Gasteiger partial charge in [-0.2, -0.15) is 0 Å². The van der Waals surface area contributed by atoms with E-state index in [1.807, 2.05) is 21.0 Å². The zero-order valence-electron chi connectivity index (χ0n) is 24.8. The quantitative estimate of drug-likeness (QED) is 0.392. The Morgan fingerprint density at radius 2 is 1.95 bits per heavy atom. The Hall–Kier alpha value is -2.03. The predicted octanol–water partition coefficient (Wildman–Crippen LogP) is 3.47. The maximum Gasteiger partial charge on any atom is 0.336 e. The number of rotatable bonds is 6. The van der Waals surface area contributed by atoms with Crippen LogP contribution in [-0.4, -0.2) is 78.9 Å². The lowest BCUT2D eigenvalue weighted by Gasteiger charge is -2.58. The summed E-state index contributed by atoms with van der Waals surface area (Å²) >= 11 is 0. The molecule has 0 bridgehead atoms. The molecule has 0 aromatic rings. The smallest absolute Gasteiger partial charge is 0.336 e. The molecule has 6 rings (SSSR count). The molecule has 0 aromatic carbocycles. The maximum atomic E-state index is 13.7. The second kappa shape index (κ2) is 9.50. The van der Waals surface area contributed by atoms with Crippen LogP contribution in [0.15, 0.2) is 23.3 Å². The number of aliphatic hydroxyl groups is 1. The Balaban J connectivity index is 1.24. The molecule has 0 unspecified atom stereocenters. The second-order valence-electron chi connectivity index (χ2n) is 14.2. The third-order valence-corrected chi connectivity index (χ3v) is 12.3. The topological polar surface area (TPSA) is 106 Å². The first kappa shape index (κ1) is 28.1. The van der Waals surface area contributed by atoms with E-state index in [-0.39, 0.29) is 60.3 Å². The van der Waals surface area contributed by atoms with Gasteiger partial charge in [0.15, 0.2) is 11.9 Å². The van der Waals surface area contributed by atoms with E-state index < -0.39 is 17.1 Å². The number of carbonyl (C=O) groups excluding carboxylic acids is 3. The zero-order valence-corrected chi connectivity index (χ0v) is 24.8. The van der Waals surface area contributed by atoms with Crippen LogP contribution in [0.1, 0.15) is 66.2 Å². The summed E-state index contributed by atoms with van der Waals surface area (Å²) in [7, 11) is 3.67. The minimum absolute atomic E-state index is 0.0902. The van der Waals surface area contributed by atoms with Gasteiger partial charge in [-0.15, -0.1) is 0 Å². The lowest BCUT2D eigenvalue weighted by Crippen LogP contribution is -2.64. The largest absolute Gasteiger partial charge is 0.458 e. The first-order chi connectivity index (χ1) is 18.9. The van der Waals surface area contributed by atoms with E-state index in [1.165, 1.54) is 0 Å². The average molecular weight is 556 g/mol. The number of ether oxygens (including phenoxy) is 3. The number of fused-ring (bicyclic) bond motifs is 4. The first-order valence-corrected chi connectivity index (χ1v) is 15.1. The molecular formula is C32H45NO7. The number of hydrogen-bond acceptors (Lipinski definition) is 8. The Labute approximate surface area is 237 Å². The third kappa shape index (κ3) is 3.77. The summed E-state index contributed by atoms with van der Waals surface area (Å²) in [6.45, 7) is 8.59. The molecule has 220 valence electrons. The van der Waals surface area contributed by atoms with Crippen molar-refractivity contribution >= 4 is 17.7 Å². The van der Waals surface area contributed by atoms with Crippen molar-refractivity contribution in [2.24, 2.45) is 40.4 Å². The van der Waals surface area contributed by atoms with E-state index in [2.05, 4.69) is 20.8 Å². The standard InChI is InChI=1S/C32H45NO7/c1-17-13-24(38-29(37)20(17)16-34)18(2)21-7-8-22-19-14-27-32(40-27)26(39-28(36)15-33(5)6)10-9-25(35)31(32,4)23(19)11-12-30(21,22)3/h9-10,18-19,21-24,26-27,34H,7-8,11-16H2,1-6H3/t18-,19-,21+,22-,23-,24+,26-,27+,30+,31-,32+/m0/s1. The number of nitrogens with zero attached hydrogens (tertiary/aromatic N) is 1. The van der Waals surface area contributed by atoms with Crippen molar-refractivity contribution in [3.05, 3.63) is 23.3 Å². The van der Waals surface area contributed by atoms with E-state index in [9.17, 15) is 19.5 Å². The number of allylic oxidation sites excluding steroid dienone is 1. The van der Waals surface area contributed by atoms with Gasteiger partial charge in [0, 0.05) is 6.42 Å². The lowest BCUT2D eigenvalue weighted by atomic mass is 9.44. The van der Waals surface area contributed by atoms with Crippen LogP contribution >= 0.6 is 0 Å². The van der Waals surface area contributed by atoms with E-state index in [1.54, 1.807) is 17.1 Å². The van der Waals surface area contributed by atoms with Crippen LogP contribution in [0.3, 0.4) is 0 Å². The van der Waals surface area contributed by atoms with Crippen molar-refractivity contribution in [1.29, 1.82) is 0 Å². The molecule has 40 heavy (non-hydrogen) atoms. The van der Waals surface area contributed by atoms with Crippen LogP contribution in [0.4, 0.5) is 0 Å². The highest BCUT2D eigenvalue weighted by Crippen LogP contribution is 2.73. The van der Waals surface area contributed by atoms with Crippen LogP contribution in [0.5, 0.6) is 0 Å². The molecule has 0 radical (unpaired) electrons. The number of carbonyl (C=O) groups is 3. The van der Waals surface area contributed by atoms with E-state index in [0.29, 0.717) is 29.7 Å². The summed E-state index contributed by atoms with van der Waals surface area (Å²) in [5.41, 5.74) is -0.0414. The second-order valence-corrected chi connectivity index (χ2v) is 14.2. The number of cyclic esters (lactones) is 1. The molecule has 2 heterocycles. The van der Waals surface area contributed by atoms with Crippen molar-refractivity contribution in [1.82, 2.24) is 4.90 Å². The molecule has 3 saturated carbocycles. The van der Waals surface area contributed by atoms with Crippen molar-refractivity contribution in [2.75, 3.05) is 27.2 Å². The van der Waals surface area contributed by atoms with Gasteiger partial charge in [0.05, 0.1) is 30.2 Å². The summed E-state index contributed by atoms with van der Waals surface area (Å²) in [5.74, 6) is 1.07. The Bertz CT molecular complexity index is 1180. The van der Waals surface area contributed by atoms with Gasteiger partial charge in [0.1, 0.15) is 11.7 Å². The third-order valence-electron chi connectivity index (χ3n) is 12.3. The minimum Gasteiger partial charge on any atom is -0.458 e. The summed E-state index contributed by atoms with van der Waals surface area (Å²) in [5, 5.41) is 9.59. The van der Waals surface area contributed by atoms with E-state index in [4.69, 9.17) is 14.2 Å². The molecule has 0 amide bonds. The number of aliphatic hydroxyl groups excluding tert-OH is 1. The van der Waals surface area contributed by atoms with Crippen LogP contribution in [-0.2, 0) is 28.6 Å². The summed E-state index contributed by atoms with van der Waals surface area (Å²) in [6.07, 6.45) is 8.30. The number of epoxide rings is 1. The Morgan fingerprint density at radius 3 is 2.62 bits per heavy atom. The van der Waals surface area contributed by atoms with Gasteiger partial charge < -0.3 is 19.3 Å². The molecule has 11 atom stereocenters. The fourth-order valence-corrected chi connectivity index (χ4v) is 10.2. The fraction of sp³-hybridized carbons (Fsp3) is 0.781. The maximum absolute atomic E-state index is 13.7. The van der Waals surface area contributed by atoms with E-state index >= 15 is 0 Å². The number of esters is 2. The van der Waals surface area contributed by atoms with Crippen molar-refractivity contribution in [3.8, 4) is 0 Å². The van der Waals surface area contributed by atoms with Gasteiger partial charge in [-0.1, -0.05) is 19.4 Å². The van der Waals surface area contributed by atoms with Crippen LogP contribution in [0, 0.1) is 40.4 Å². The van der Waals surface area contributed by atoms with Crippen LogP contribution in [0.25, 0.3) is 0 Å². The summed E-state index contributed by atoms with van der Waals surface area (Å²) < 4.78 is 18.3.